The minimum absolute atomic E-state index is 0.00457. The van der Waals surface area contributed by atoms with E-state index in [0.29, 0.717) is 6.54 Å². The highest BCUT2D eigenvalue weighted by atomic mass is 32.2. The molecule has 31 heavy (non-hydrogen) atoms. The van der Waals surface area contributed by atoms with Gasteiger partial charge in [0.05, 0.1) is 21.7 Å². The fourth-order valence-corrected chi connectivity index (χ4v) is 5.98. The SMILES string of the molecule is CCN=S1(=O)C[C@@](C)(c2cc(NC(=O)c3ccc(F)cn3)ccc2F)N=C(N)C1(C)C. The number of amides is 1. The van der Waals surface area contributed by atoms with Gasteiger partial charge in [-0.3, -0.25) is 9.79 Å². The predicted octanol–water partition coefficient (Wildman–Crippen LogP) is 3.46. The molecular formula is C21H25F2N5O2S. The van der Waals surface area contributed by atoms with Crippen molar-refractivity contribution in [2.75, 3.05) is 17.6 Å². The summed E-state index contributed by atoms with van der Waals surface area (Å²) in [6.45, 7) is 7.19. The number of halogens is 2. The highest BCUT2D eigenvalue weighted by Gasteiger charge is 2.47. The van der Waals surface area contributed by atoms with Crippen LogP contribution >= 0.6 is 0 Å². The zero-order chi connectivity index (χ0) is 23.0. The molecule has 0 aliphatic carbocycles. The molecule has 2 atom stereocenters. The van der Waals surface area contributed by atoms with E-state index < -0.39 is 37.6 Å². The summed E-state index contributed by atoms with van der Waals surface area (Å²) >= 11 is 0. The third kappa shape index (κ3) is 4.16. The molecule has 1 amide bonds. The van der Waals surface area contributed by atoms with Crippen molar-refractivity contribution >= 4 is 27.2 Å². The van der Waals surface area contributed by atoms with Gasteiger partial charge in [-0.2, -0.15) is 0 Å². The average Bonchev–Trinajstić information content (AvgIpc) is 2.68. The first kappa shape index (κ1) is 22.8. The molecular weight excluding hydrogens is 424 g/mol. The van der Waals surface area contributed by atoms with Crippen LogP contribution in [0.25, 0.3) is 0 Å². The van der Waals surface area contributed by atoms with E-state index >= 15 is 0 Å². The van der Waals surface area contributed by atoms with Crippen LogP contribution in [-0.2, 0) is 15.3 Å². The summed E-state index contributed by atoms with van der Waals surface area (Å²) in [6, 6.07) is 6.37. The minimum Gasteiger partial charge on any atom is -0.386 e. The number of pyridine rings is 1. The van der Waals surface area contributed by atoms with Gasteiger partial charge in [0.25, 0.3) is 5.91 Å². The van der Waals surface area contributed by atoms with E-state index in [1.807, 2.05) is 0 Å². The number of nitrogens with zero attached hydrogens (tertiary/aromatic N) is 3. The van der Waals surface area contributed by atoms with Crippen molar-refractivity contribution in [3.8, 4) is 0 Å². The first-order chi connectivity index (χ1) is 14.4. The van der Waals surface area contributed by atoms with Gasteiger partial charge < -0.3 is 11.1 Å². The monoisotopic (exact) mass is 449 g/mol. The van der Waals surface area contributed by atoms with E-state index in [4.69, 9.17) is 5.73 Å². The van der Waals surface area contributed by atoms with Gasteiger partial charge in [0.2, 0.25) is 0 Å². The number of nitrogens with two attached hydrogens (primary N) is 1. The topological polar surface area (TPSA) is 110 Å². The van der Waals surface area contributed by atoms with E-state index in [1.165, 1.54) is 24.3 Å². The first-order valence-electron chi connectivity index (χ1n) is 9.71. The molecule has 0 fully saturated rings. The molecule has 2 heterocycles. The van der Waals surface area contributed by atoms with E-state index in [0.717, 1.165) is 12.3 Å². The van der Waals surface area contributed by atoms with Crippen molar-refractivity contribution in [3.05, 3.63) is 59.4 Å². The summed E-state index contributed by atoms with van der Waals surface area (Å²) < 4.78 is 44.9. The number of anilines is 1. The van der Waals surface area contributed by atoms with E-state index in [1.54, 1.807) is 27.7 Å². The lowest BCUT2D eigenvalue weighted by atomic mass is 9.92. The van der Waals surface area contributed by atoms with Gasteiger partial charge in [-0.05, 0) is 58.0 Å². The number of carbonyl (C=O) groups excluding carboxylic acids is 1. The van der Waals surface area contributed by atoms with Crippen LogP contribution in [-0.4, -0.2) is 38.0 Å². The molecule has 1 unspecified atom stereocenters. The van der Waals surface area contributed by atoms with Crippen LogP contribution in [0.1, 0.15) is 43.7 Å². The largest absolute Gasteiger partial charge is 0.386 e. The van der Waals surface area contributed by atoms with Crippen molar-refractivity contribution in [2.45, 2.75) is 38.0 Å². The summed E-state index contributed by atoms with van der Waals surface area (Å²) in [5.74, 6) is -1.61. The molecule has 1 aliphatic heterocycles. The molecule has 3 rings (SSSR count). The number of rotatable bonds is 4. The maximum atomic E-state index is 14.9. The van der Waals surface area contributed by atoms with Gasteiger partial charge in [0.15, 0.2) is 0 Å². The molecule has 0 saturated heterocycles. The molecule has 3 N–H and O–H groups in total. The number of hydrogen-bond donors (Lipinski definition) is 2. The molecule has 166 valence electrons. The highest BCUT2D eigenvalue weighted by molar-refractivity contribution is 7.95. The van der Waals surface area contributed by atoms with Crippen LogP contribution in [0.15, 0.2) is 45.9 Å². The second-order valence-corrected chi connectivity index (χ2v) is 10.9. The fraction of sp³-hybridized carbons (Fsp3) is 0.381. The van der Waals surface area contributed by atoms with Gasteiger partial charge in [0, 0.05) is 17.8 Å². The highest BCUT2D eigenvalue weighted by Crippen LogP contribution is 2.39. The second kappa shape index (κ2) is 7.99. The summed E-state index contributed by atoms with van der Waals surface area (Å²) in [7, 11) is -2.85. The molecule has 0 bridgehead atoms. The van der Waals surface area contributed by atoms with Gasteiger partial charge in [-0.15, -0.1) is 0 Å². The van der Waals surface area contributed by atoms with Crippen molar-refractivity contribution in [3.63, 3.8) is 0 Å². The number of amidine groups is 1. The van der Waals surface area contributed by atoms with Crippen LogP contribution in [0.2, 0.25) is 0 Å². The third-order valence-electron chi connectivity index (χ3n) is 5.36. The Labute approximate surface area is 180 Å². The first-order valence-corrected chi connectivity index (χ1v) is 11.4. The zero-order valence-corrected chi connectivity index (χ0v) is 18.6. The number of carbonyl (C=O) groups is 1. The number of nitrogens with one attached hydrogen (secondary N) is 1. The predicted molar refractivity (Wildman–Crippen MR) is 118 cm³/mol. The Balaban J connectivity index is 2.02. The summed E-state index contributed by atoms with van der Waals surface area (Å²) in [5, 5.41) is 2.61. The van der Waals surface area contributed by atoms with Crippen LogP contribution in [0.3, 0.4) is 0 Å². The van der Waals surface area contributed by atoms with Crippen LogP contribution in [0.5, 0.6) is 0 Å². The van der Waals surface area contributed by atoms with Gasteiger partial charge in [0.1, 0.15) is 33.4 Å². The lowest BCUT2D eigenvalue weighted by Gasteiger charge is -2.40. The molecule has 7 nitrogen and oxygen atoms in total. The Morgan fingerprint density at radius 3 is 2.58 bits per heavy atom. The Morgan fingerprint density at radius 2 is 1.97 bits per heavy atom. The maximum Gasteiger partial charge on any atom is 0.274 e. The van der Waals surface area contributed by atoms with Gasteiger partial charge >= 0.3 is 0 Å². The third-order valence-corrected chi connectivity index (χ3v) is 8.79. The van der Waals surface area contributed by atoms with Crippen molar-refractivity contribution in [1.29, 1.82) is 0 Å². The molecule has 0 saturated carbocycles. The van der Waals surface area contributed by atoms with E-state index in [9.17, 15) is 17.8 Å². The summed E-state index contributed by atoms with van der Waals surface area (Å²) in [4.78, 5) is 20.7. The summed E-state index contributed by atoms with van der Waals surface area (Å²) in [6.07, 6.45) is 0.932. The molecule has 2 aromatic rings. The molecule has 10 heteroatoms. The molecule has 0 radical (unpaired) electrons. The quantitative estimate of drug-likeness (QED) is 0.745. The second-order valence-electron chi connectivity index (χ2n) is 8.02. The lowest BCUT2D eigenvalue weighted by Crippen LogP contribution is -2.54. The van der Waals surface area contributed by atoms with E-state index in [-0.39, 0.29) is 28.5 Å². The van der Waals surface area contributed by atoms with Crippen LogP contribution < -0.4 is 11.1 Å². The number of aromatic nitrogens is 1. The Bertz CT molecular complexity index is 1170. The van der Waals surface area contributed by atoms with E-state index in [2.05, 4.69) is 19.7 Å². The maximum absolute atomic E-state index is 14.9. The van der Waals surface area contributed by atoms with Crippen molar-refractivity contribution in [1.82, 2.24) is 4.98 Å². The Hall–Kier alpha value is -2.88. The average molecular weight is 450 g/mol. The Kier molecular flexibility index (Phi) is 5.88. The Morgan fingerprint density at radius 1 is 1.26 bits per heavy atom. The molecule has 1 aromatic carbocycles. The van der Waals surface area contributed by atoms with Gasteiger partial charge in [-0.25, -0.2) is 22.3 Å². The van der Waals surface area contributed by atoms with Crippen LogP contribution in [0.4, 0.5) is 14.5 Å². The fourth-order valence-electron chi connectivity index (χ4n) is 3.43. The minimum atomic E-state index is -2.85. The molecule has 0 spiro atoms. The zero-order valence-electron chi connectivity index (χ0n) is 17.8. The standard InChI is InChI=1S/C21H25F2N5O2S/c1-5-26-31(30)12-21(4,28-19(24)20(31,2)3)15-10-14(7-8-16(15)23)27-18(29)17-9-6-13(22)11-25-17/h6-11H,5,12H2,1-4H3,(H2,24,28)(H,27,29)/t21-,31?/m0/s1. The smallest absolute Gasteiger partial charge is 0.274 e. The number of aliphatic imine (C=N–C) groups is 1. The normalized spacial score (nSPS) is 24.9. The van der Waals surface area contributed by atoms with Crippen molar-refractivity contribution < 1.29 is 17.8 Å². The summed E-state index contributed by atoms with van der Waals surface area (Å²) in [5.41, 5.74) is 5.35. The molecule has 1 aliphatic rings. The van der Waals surface area contributed by atoms with Crippen molar-refractivity contribution in [2.24, 2.45) is 15.1 Å². The van der Waals surface area contributed by atoms with Gasteiger partial charge in [-0.1, -0.05) is 0 Å². The lowest BCUT2D eigenvalue weighted by molar-refractivity contribution is 0.102. The molecule has 1 aromatic heterocycles. The number of hydrogen-bond acceptors (Lipinski definition) is 6. The number of benzene rings is 1. The van der Waals surface area contributed by atoms with Crippen LogP contribution in [0, 0.1) is 11.6 Å².